The minimum atomic E-state index is -0.573. The minimum absolute atomic E-state index is 0.0409. The highest BCUT2D eigenvalue weighted by Gasteiger charge is 2.30. The Hall–Kier alpha value is -6.28. The number of aliphatic hydroxyl groups excluding tert-OH is 1. The molecule has 308 valence electrons. The van der Waals surface area contributed by atoms with E-state index in [0.717, 1.165) is 39.2 Å². The number of anilines is 2. The second-order valence-corrected chi connectivity index (χ2v) is 14.5. The van der Waals surface area contributed by atoms with Crippen molar-refractivity contribution in [2.24, 2.45) is 0 Å². The van der Waals surface area contributed by atoms with Crippen LogP contribution in [0.15, 0.2) is 97.1 Å². The van der Waals surface area contributed by atoms with E-state index in [2.05, 4.69) is 0 Å². The Morgan fingerprint density at radius 3 is 1.43 bits per heavy atom. The van der Waals surface area contributed by atoms with Crippen LogP contribution in [0.2, 0.25) is 0 Å². The molecule has 1 heterocycles. The summed E-state index contributed by atoms with van der Waals surface area (Å²) >= 11 is 0. The van der Waals surface area contributed by atoms with Crippen LogP contribution in [-0.2, 0) is 51.8 Å². The van der Waals surface area contributed by atoms with E-state index in [1.165, 1.54) is 9.80 Å². The number of carbonyl (C=O) groups is 4. The normalized spacial score (nSPS) is 12.6. The molecule has 1 aliphatic heterocycles. The molecule has 4 aromatic rings. The van der Waals surface area contributed by atoms with Crippen LogP contribution in [-0.4, -0.2) is 123 Å². The number of ether oxygens (including phenoxy) is 3. The first-order valence-electron chi connectivity index (χ1n) is 19.2. The summed E-state index contributed by atoms with van der Waals surface area (Å²) in [6, 6.07) is 30.6. The van der Waals surface area contributed by atoms with Crippen molar-refractivity contribution in [1.82, 2.24) is 19.6 Å². The number of methoxy groups -OCH3 is 1. The quantitative estimate of drug-likeness (QED) is 0.147. The van der Waals surface area contributed by atoms with Crippen LogP contribution < -0.4 is 14.5 Å². The number of amides is 4. The average Bonchev–Trinajstić information content (AvgIpc) is 3.22. The van der Waals surface area contributed by atoms with Gasteiger partial charge < -0.3 is 38.9 Å². The van der Waals surface area contributed by atoms with Gasteiger partial charge in [0.05, 0.1) is 39.9 Å². The highest BCUT2D eigenvalue weighted by Crippen LogP contribution is 2.20. The monoisotopic (exact) mass is 794 g/mol. The summed E-state index contributed by atoms with van der Waals surface area (Å²) in [6.45, 7) is 0.467. The summed E-state index contributed by atoms with van der Waals surface area (Å²) < 4.78 is 16.7. The first-order chi connectivity index (χ1) is 27.9. The highest BCUT2D eigenvalue weighted by molar-refractivity contribution is 5.92. The number of carbonyl (C=O) groups excluding carboxylic acids is 4. The van der Waals surface area contributed by atoms with Gasteiger partial charge in [-0.3, -0.25) is 19.4 Å². The third kappa shape index (κ3) is 12.4. The summed E-state index contributed by atoms with van der Waals surface area (Å²) in [5.41, 5.74) is 6.31. The molecule has 1 N–H and O–H groups in total. The van der Waals surface area contributed by atoms with Crippen LogP contribution in [0.5, 0.6) is 5.75 Å². The third-order valence-corrected chi connectivity index (χ3v) is 9.75. The molecule has 0 unspecified atom stereocenters. The van der Waals surface area contributed by atoms with Crippen LogP contribution in [0.1, 0.15) is 27.8 Å². The zero-order valence-electron chi connectivity index (χ0n) is 34.0. The lowest BCUT2D eigenvalue weighted by Crippen LogP contribution is -2.55. The van der Waals surface area contributed by atoms with Gasteiger partial charge in [-0.25, -0.2) is 9.59 Å². The number of rotatable bonds is 18. The van der Waals surface area contributed by atoms with Crippen molar-refractivity contribution in [3.05, 3.63) is 125 Å². The van der Waals surface area contributed by atoms with Gasteiger partial charge in [0.25, 0.3) is 0 Å². The van der Waals surface area contributed by atoms with E-state index in [0.29, 0.717) is 12.3 Å². The molecule has 1 fully saturated rings. The number of piperazine rings is 1. The molecule has 4 aromatic carbocycles. The molecule has 4 amide bonds. The van der Waals surface area contributed by atoms with E-state index in [1.54, 1.807) is 16.9 Å². The predicted octanol–water partition coefficient (Wildman–Crippen LogP) is 4.97. The molecule has 1 saturated heterocycles. The second kappa shape index (κ2) is 20.8. The molecular formula is C44H54N6O8. The number of nitrogens with zero attached hydrogens (tertiary/aromatic N) is 6. The fraction of sp³-hybridized carbons (Fsp3) is 0.364. The van der Waals surface area contributed by atoms with E-state index in [4.69, 9.17) is 14.2 Å². The fourth-order valence-corrected chi connectivity index (χ4v) is 6.43. The van der Waals surface area contributed by atoms with E-state index >= 15 is 0 Å². The molecule has 0 bridgehead atoms. The Balaban J connectivity index is 1.13. The summed E-state index contributed by atoms with van der Waals surface area (Å²) in [5, 5.41) is 9.62. The van der Waals surface area contributed by atoms with Gasteiger partial charge in [-0.1, -0.05) is 60.7 Å². The lowest BCUT2D eigenvalue weighted by molar-refractivity contribution is -0.150. The molecule has 0 spiro atoms. The maximum atomic E-state index is 13.4. The van der Waals surface area contributed by atoms with Crippen molar-refractivity contribution in [3.8, 4) is 5.75 Å². The topological polar surface area (TPSA) is 136 Å². The van der Waals surface area contributed by atoms with Gasteiger partial charge in [0, 0.05) is 65.7 Å². The number of aliphatic hydroxyl groups is 1. The van der Waals surface area contributed by atoms with E-state index in [-0.39, 0.29) is 77.4 Å². The Morgan fingerprint density at radius 2 is 1.00 bits per heavy atom. The first kappa shape index (κ1) is 42.9. The van der Waals surface area contributed by atoms with Crippen molar-refractivity contribution < 1.29 is 38.5 Å². The van der Waals surface area contributed by atoms with Crippen LogP contribution in [0, 0.1) is 0 Å². The lowest BCUT2D eigenvalue weighted by atomic mass is 10.1. The lowest BCUT2D eigenvalue weighted by Gasteiger charge is -2.34. The zero-order chi connectivity index (χ0) is 41.6. The molecular weight excluding hydrogens is 741 g/mol. The Kier molecular flexibility index (Phi) is 15.3. The largest absolute Gasteiger partial charge is 0.497 e. The third-order valence-electron chi connectivity index (χ3n) is 9.75. The van der Waals surface area contributed by atoms with Crippen molar-refractivity contribution >= 4 is 35.4 Å². The van der Waals surface area contributed by atoms with Gasteiger partial charge in [-0.15, -0.1) is 0 Å². The van der Waals surface area contributed by atoms with Crippen LogP contribution in [0.3, 0.4) is 0 Å². The standard InChI is InChI=1S/C44H54N6O8/c1-45(2)38-16-12-33(13-17-38)26-49(28-35-8-6-10-37(24-35)32-51)43(54)57-22-20-47-30-42(53)48(31-41(47)52)21-23-58-44(55)50(29-36-9-7-11-40(25-36)56-5)27-34-14-18-39(19-15-34)46(3)4/h6-19,24-25,51H,20-23,26-32H2,1-5H3. The van der Waals surface area contributed by atoms with Gasteiger partial charge in [0.1, 0.15) is 19.0 Å². The Bertz CT molecular complexity index is 1850. The second-order valence-electron chi connectivity index (χ2n) is 14.5. The fourth-order valence-electron chi connectivity index (χ4n) is 6.43. The van der Waals surface area contributed by atoms with Crippen molar-refractivity contribution in [2.45, 2.75) is 32.8 Å². The van der Waals surface area contributed by atoms with Crippen molar-refractivity contribution in [3.63, 3.8) is 0 Å². The summed E-state index contributed by atoms with van der Waals surface area (Å²) in [5.74, 6) is 0.0656. The first-order valence-corrected chi connectivity index (χ1v) is 19.2. The van der Waals surface area contributed by atoms with E-state index < -0.39 is 12.2 Å². The number of hydrogen-bond acceptors (Lipinski definition) is 10. The summed E-state index contributed by atoms with van der Waals surface area (Å²) in [7, 11) is 9.42. The van der Waals surface area contributed by atoms with Gasteiger partial charge in [0.2, 0.25) is 11.8 Å². The van der Waals surface area contributed by atoms with Crippen LogP contribution >= 0.6 is 0 Å². The molecule has 0 atom stereocenters. The van der Waals surface area contributed by atoms with Crippen LogP contribution in [0.25, 0.3) is 0 Å². The zero-order valence-corrected chi connectivity index (χ0v) is 34.0. The van der Waals surface area contributed by atoms with Gasteiger partial charge in [0.15, 0.2) is 0 Å². The van der Waals surface area contributed by atoms with Gasteiger partial charge in [-0.05, 0) is 64.2 Å². The van der Waals surface area contributed by atoms with Gasteiger partial charge in [-0.2, -0.15) is 0 Å². The molecule has 14 heteroatoms. The number of hydrogen-bond donors (Lipinski definition) is 1. The maximum Gasteiger partial charge on any atom is 0.410 e. The smallest absolute Gasteiger partial charge is 0.410 e. The van der Waals surface area contributed by atoms with E-state index in [1.807, 2.05) is 135 Å². The van der Waals surface area contributed by atoms with Crippen molar-refractivity contribution in [1.29, 1.82) is 0 Å². The molecule has 0 radical (unpaired) electrons. The maximum absolute atomic E-state index is 13.4. The van der Waals surface area contributed by atoms with Crippen LogP contribution in [0.4, 0.5) is 21.0 Å². The molecule has 1 aliphatic rings. The molecule has 5 rings (SSSR count). The van der Waals surface area contributed by atoms with E-state index in [9.17, 15) is 24.3 Å². The average molecular weight is 795 g/mol. The summed E-state index contributed by atoms with van der Waals surface area (Å²) in [4.78, 5) is 63.0. The number of benzene rings is 4. The Labute approximate surface area is 340 Å². The minimum Gasteiger partial charge on any atom is -0.497 e. The molecule has 0 aliphatic carbocycles. The predicted molar refractivity (Wildman–Crippen MR) is 221 cm³/mol. The SMILES string of the molecule is COc1cccc(CN(Cc2ccc(N(C)C)cc2)C(=O)OCCN2CC(=O)N(CCOC(=O)N(Cc3ccc(N(C)C)cc3)Cc3cccc(CO)c3)CC2=O)c1. The molecule has 0 saturated carbocycles. The van der Waals surface area contributed by atoms with Crippen molar-refractivity contribution in [2.75, 3.05) is 84.5 Å². The highest BCUT2D eigenvalue weighted by atomic mass is 16.6. The van der Waals surface area contributed by atoms with Gasteiger partial charge >= 0.3 is 12.2 Å². The summed E-state index contributed by atoms with van der Waals surface area (Å²) in [6.07, 6.45) is -1.13. The molecule has 0 aromatic heterocycles. The molecule has 14 nitrogen and oxygen atoms in total. The molecule has 58 heavy (non-hydrogen) atoms. The Morgan fingerprint density at radius 1 is 0.586 bits per heavy atom.